The highest BCUT2D eigenvalue weighted by molar-refractivity contribution is 7.94. The average Bonchev–Trinajstić information content (AvgIpc) is 3.16. The number of nitrogens with one attached hydrogen (secondary N) is 1. The minimum atomic E-state index is -1.55. The zero-order valence-corrected chi connectivity index (χ0v) is 31.5. The van der Waals surface area contributed by atoms with Crippen molar-refractivity contribution in [1.29, 1.82) is 5.41 Å². The number of carboxylic acid groups (broad SMARTS) is 1. The first-order valence-electron chi connectivity index (χ1n) is 18.0. The van der Waals surface area contributed by atoms with Gasteiger partial charge in [0, 0.05) is 83.5 Å². The van der Waals surface area contributed by atoms with Gasteiger partial charge < -0.3 is 30.7 Å². The number of aliphatic carboxylic acids is 1. The van der Waals surface area contributed by atoms with E-state index >= 15 is 0 Å². The zero-order chi connectivity index (χ0) is 38.9. The minimum Gasteiger partial charge on any atom is -0.508 e. The third-order valence-corrected chi connectivity index (χ3v) is 10.8. The summed E-state index contributed by atoms with van der Waals surface area (Å²) in [6.07, 6.45) is -1.85. The number of carbonyl (C=O) groups excluding carboxylic acids is 2. The van der Waals surface area contributed by atoms with Gasteiger partial charge in [0.15, 0.2) is 5.84 Å². The fraction of sp³-hybridized carbons (Fsp3) is 0.421. The molecule has 15 nitrogen and oxygen atoms in total. The van der Waals surface area contributed by atoms with Crippen LogP contribution in [0.5, 0.6) is 11.5 Å². The Bertz CT molecular complexity index is 1770. The monoisotopic (exact) mass is 762 g/mol. The summed E-state index contributed by atoms with van der Waals surface area (Å²) in [7, 11) is 0. The van der Waals surface area contributed by atoms with Gasteiger partial charge in [-0.1, -0.05) is 56.3 Å². The van der Waals surface area contributed by atoms with Crippen LogP contribution in [0, 0.1) is 5.41 Å². The number of carbonyl (C=O) groups is 3. The Balaban J connectivity index is 0.999. The number of phenolic OH excluding ortho intramolecular Hbond substituents is 2. The van der Waals surface area contributed by atoms with Crippen LogP contribution in [0.15, 0.2) is 66.7 Å². The van der Waals surface area contributed by atoms with Crippen LogP contribution in [0.3, 0.4) is 0 Å². The molecule has 5 rings (SSSR count). The third-order valence-electron chi connectivity index (χ3n) is 9.59. The SMILES string of the molecule is CC(C)c1cc(C(=N)N(N)c2ccc(CN3CCN(SN4CCN(C(=O)CCC(=O)O[C@@H](C(=O)O)[C@@H](N)c5ccccc5)CC4)CC3)cc2)c(O)cc1O. The summed E-state index contributed by atoms with van der Waals surface area (Å²) in [5.74, 6) is 3.67. The van der Waals surface area contributed by atoms with Gasteiger partial charge in [-0.15, -0.1) is 0 Å². The van der Waals surface area contributed by atoms with Crippen LogP contribution in [0.25, 0.3) is 0 Å². The largest absolute Gasteiger partial charge is 0.508 e. The van der Waals surface area contributed by atoms with Crippen LogP contribution < -0.4 is 16.6 Å². The number of hydrogen-bond donors (Lipinski definition) is 6. The number of carboxylic acids is 1. The van der Waals surface area contributed by atoms with E-state index in [1.165, 1.54) is 11.1 Å². The van der Waals surface area contributed by atoms with E-state index in [0.29, 0.717) is 43.0 Å². The van der Waals surface area contributed by atoms with E-state index in [1.54, 1.807) is 53.4 Å². The second kappa shape index (κ2) is 18.6. The van der Waals surface area contributed by atoms with E-state index in [9.17, 15) is 29.7 Å². The van der Waals surface area contributed by atoms with Gasteiger partial charge in [0.2, 0.25) is 12.0 Å². The molecule has 0 radical (unpaired) electrons. The first-order chi connectivity index (χ1) is 25.8. The van der Waals surface area contributed by atoms with Crippen LogP contribution in [0.4, 0.5) is 5.69 Å². The topological polar surface area (TPSA) is 213 Å². The Hall–Kier alpha value is -4.71. The molecule has 2 heterocycles. The number of amidine groups is 1. The molecule has 0 saturated carbocycles. The lowest BCUT2D eigenvalue weighted by atomic mass is 9.98. The van der Waals surface area contributed by atoms with Crippen LogP contribution in [-0.4, -0.2) is 116 Å². The van der Waals surface area contributed by atoms with Gasteiger partial charge in [0.05, 0.1) is 23.7 Å². The number of aromatic hydroxyl groups is 2. The summed E-state index contributed by atoms with van der Waals surface area (Å²) in [6.45, 7) is 10.5. The molecule has 2 aliphatic rings. The average molecular weight is 763 g/mol. The summed E-state index contributed by atoms with van der Waals surface area (Å²) in [5, 5.41) is 40.0. The summed E-state index contributed by atoms with van der Waals surface area (Å²) in [5.41, 5.74) is 9.17. The van der Waals surface area contributed by atoms with Gasteiger partial charge in [-0.3, -0.25) is 24.9 Å². The standard InChI is InChI=1S/C38H50N8O7S/c1-25(2)29-22-30(32(48)23-31(29)47)37(40)46(41)28-10-8-26(9-11-28)24-42-14-18-44(19-15-42)54-45-20-16-43(17-21-45)33(49)12-13-34(50)53-36(38(51)52)35(39)27-6-4-3-5-7-27/h3-11,22-23,25,35-36,40,47-48H,12-21,24,39,41H2,1-2H3,(H,51,52)/t35-,36+/m0/s1. The maximum absolute atomic E-state index is 12.9. The Kier molecular flexibility index (Phi) is 13.9. The number of nitrogens with zero attached hydrogens (tertiary/aromatic N) is 5. The Labute approximate surface area is 319 Å². The molecular weight excluding hydrogens is 713 g/mol. The number of anilines is 1. The molecular formula is C38H50N8O7S. The number of amides is 1. The van der Waals surface area contributed by atoms with Crippen molar-refractivity contribution < 1.29 is 34.4 Å². The molecule has 2 saturated heterocycles. The van der Waals surface area contributed by atoms with Gasteiger partial charge in [-0.05, 0) is 40.8 Å². The summed E-state index contributed by atoms with van der Waals surface area (Å²) >= 11 is 1.69. The van der Waals surface area contributed by atoms with Gasteiger partial charge >= 0.3 is 11.9 Å². The van der Waals surface area contributed by atoms with Crippen molar-refractivity contribution in [1.82, 2.24) is 18.4 Å². The highest BCUT2D eigenvalue weighted by Gasteiger charge is 2.31. The van der Waals surface area contributed by atoms with E-state index in [4.69, 9.17) is 21.7 Å². The molecule has 290 valence electrons. The van der Waals surface area contributed by atoms with Gasteiger partial charge in [-0.2, -0.15) is 0 Å². The maximum atomic E-state index is 12.9. The Morgan fingerprint density at radius 1 is 0.870 bits per heavy atom. The fourth-order valence-corrected chi connectivity index (χ4v) is 7.35. The summed E-state index contributed by atoms with van der Waals surface area (Å²) in [6, 6.07) is 18.0. The molecule has 3 aromatic rings. The highest BCUT2D eigenvalue weighted by Crippen LogP contribution is 2.33. The number of nitrogens with two attached hydrogens (primary N) is 2. The Morgan fingerprint density at radius 2 is 1.48 bits per heavy atom. The molecule has 54 heavy (non-hydrogen) atoms. The zero-order valence-electron chi connectivity index (χ0n) is 30.6. The summed E-state index contributed by atoms with van der Waals surface area (Å²) in [4.78, 5) is 41.2. The molecule has 0 aromatic heterocycles. The first-order valence-corrected chi connectivity index (χ1v) is 18.7. The van der Waals surface area contributed by atoms with Crippen molar-refractivity contribution in [2.75, 3.05) is 57.4 Å². The number of benzene rings is 3. The molecule has 2 atom stereocenters. The number of esters is 1. The van der Waals surface area contributed by atoms with Crippen LogP contribution in [0.2, 0.25) is 0 Å². The molecule has 0 unspecified atom stereocenters. The van der Waals surface area contributed by atoms with Crippen LogP contribution in [0.1, 0.15) is 60.9 Å². The molecule has 8 N–H and O–H groups in total. The van der Waals surface area contributed by atoms with Gasteiger partial charge in [0.25, 0.3) is 0 Å². The number of rotatable bonds is 14. The van der Waals surface area contributed by atoms with Crippen LogP contribution >= 0.6 is 12.1 Å². The molecule has 2 fully saturated rings. The van der Waals surface area contributed by atoms with Crippen molar-refractivity contribution in [2.45, 2.75) is 51.3 Å². The minimum absolute atomic E-state index is 0.00489. The number of piperazine rings is 2. The van der Waals surface area contributed by atoms with E-state index in [1.807, 2.05) is 38.1 Å². The van der Waals surface area contributed by atoms with Gasteiger partial charge in [-0.25, -0.2) is 19.2 Å². The van der Waals surface area contributed by atoms with Gasteiger partial charge in [0.1, 0.15) is 11.5 Å². The second-order valence-electron chi connectivity index (χ2n) is 13.7. The van der Waals surface area contributed by atoms with E-state index in [2.05, 4.69) is 13.5 Å². The Morgan fingerprint density at radius 3 is 2.07 bits per heavy atom. The number of hydrogen-bond acceptors (Lipinski definition) is 13. The first kappa shape index (κ1) is 40.5. The quantitative estimate of drug-likeness (QED) is 0.0348. The predicted molar refractivity (Wildman–Crippen MR) is 207 cm³/mol. The molecule has 1 amide bonds. The van der Waals surface area contributed by atoms with E-state index < -0.39 is 24.1 Å². The number of hydrazine groups is 1. The molecule has 0 bridgehead atoms. The smallest absolute Gasteiger partial charge is 0.347 e. The lowest BCUT2D eigenvalue weighted by Gasteiger charge is -2.39. The molecule has 3 aromatic carbocycles. The van der Waals surface area contributed by atoms with Crippen molar-refractivity contribution >= 4 is 41.5 Å². The van der Waals surface area contributed by atoms with Crippen molar-refractivity contribution in [3.63, 3.8) is 0 Å². The van der Waals surface area contributed by atoms with Crippen molar-refractivity contribution in [3.8, 4) is 11.5 Å². The molecule has 2 aliphatic heterocycles. The second-order valence-corrected chi connectivity index (χ2v) is 14.9. The lowest BCUT2D eigenvalue weighted by Crippen LogP contribution is -2.49. The predicted octanol–water partition coefficient (Wildman–Crippen LogP) is 3.23. The molecule has 0 aliphatic carbocycles. The molecule has 0 spiro atoms. The number of phenols is 2. The number of ether oxygens (including phenoxy) is 1. The maximum Gasteiger partial charge on any atom is 0.347 e. The summed E-state index contributed by atoms with van der Waals surface area (Å²) < 4.78 is 9.75. The fourth-order valence-electron chi connectivity index (χ4n) is 6.37. The highest BCUT2D eigenvalue weighted by atomic mass is 32.2. The normalized spacial score (nSPS) is 16.9. The van der Waals surface area contributed by atoms with Crippen molar-refractivity contribution in [3.05, 3.63) is 89.0 Å². The molecule has 16 heteroatoms. The van der Waals surface area contributed by atoms with Crippen LogP contribution in [-0.2, 0) is 25.7 Å². The lowest BCUT2D eigenvalue weighted by molar-refractivity contribution is -0.166. The third kappa shape index (κ3) is 10.5. The van der Waals surface area contributed by atoms with Crippen molar-refractivity contribution in [2.24, 2.45) is 11.6 Å². The van der Waals surface area contributed by atoms with E-state index in [0.717, 1.165) is 38.3 Å². The van der Waals surface area contributed by atoms with E-state index in [-0.39, 0.29) is 47.6 Å².